The molecule has 3 rings (SSSR count). The molecule has 0 atom stereocenters. The largest absolute Gasteiger partial charge is 0.491 e. The van der Waals surface area contributed by atoms with Crippen molar-refractivity contribution in [3.05, 3.63) is 46.3 Å². The average molecular weight is 647 g/mol. The molecule has 13 heteroatoms. The molecule has 2 aromatic rings. The van der Waals surface area contributed by atoms with Gasteiger partial charge in [-0.1, -0.05) is 20.8 Å². The molecule has 0 spiro atoms. The van der Waals surface area contributed by atoms with E-state index in [2.05, 4.69) is 10.3 Å². The zero-order valence-corrected chi connectivity index (χ0v) is 26.0. The lowest BCUT2D eigenvalue weighted by Crippen LogP contribution is -2.31. The zero-order valence-electron chi connectivity index (χ0n) is 24.3. The number of aliphatic carboxylic acids is 1. The number of amidine groups is 1. The van der Waals surface area contributed by atoms with Gasteiger partial charge < -0.3 is 29.5 Å². The second kappa shape index (κ2) is 14.6. The first-order chi connectivity index (χ1) is 19.4. The fraction of sp³-hybridized carbons (Fsp3) is 0.448. The number of nitriles is 1. The van der Waals surface area contributed by atoms with Gasteiger partial charge in [0.25, 0.3) is 5.91 Å². The Bertz CT molecular complexity index is 1400. The first-order valence-electron chi connectivity index (χ1n) is 13.2. The van der Waals surface area contributed by atoms with Gasteiger partial charge in [-0.3, -0.25) is 15.0 Å². The average Bonchev–Trinajstić information content (AvgIpc) is 3.22. The van der Waals surface area contributed by atoms with Gasteiger partial charge in [0.2, 0.25) is 0 Å². The Morgan fingerprint density at radius 2 is 1.88 bits per heavy atom. The van der Waals surface area contributed by atoms with Gasteiger partial charge in [-0.2, -0.15) is 5.26 Å². The molecule has 3 N–H and O–H groups in total. The highest BCUT2D eigenvalue weighted by Gasteiger charge is 2.32. The number of fused-ring (bicyclic) bond motifs is 1. The van der Waals surface area contributed by atoms with E-state index in [9.17, 15) is 19.5 Å². The summed E-state index contributed by atoms with van der Waals surface area (Å²) in [6, 6.07) is 6.88. The number of carbonyl (C=O) groups excluding carboxylic acids is 2. The molecule has 0 unspecified atom stereocenters. The Morgan fingerprint density at radius 3 is 2.48 bits per heavy atom. The Balaban J connectivity index is 0.00000616. The summed E-state index contributed by atoms with van der Waals surface area (Å²) in [6.07, 6.45) is 0.713. The molecule has 1 amide bonds. The Kier molecular flexibility index (Phi) is 11.9. The maximum Gasteiger partial charge on any atom is 0.341 e. The van der Waals surface area contributed by atoms with E-state index < -0.39 is 23.9 Å². The number of Topliss-reactive ketones (excluding diaryl/α,β-unsaturated/α-hetero) is 1. The number of amides is 1. The molecule has 0 fully saturated rings. The Hall–Kier alpha value is -4.18. The van der Waals surface area contributed by atoms with Crippen LogP contribution in [-0.4, -0.2) is 71.9 Å². The minimum Gasteiger partial charge on any atom is -0.491 e. The quantitative estimate of drug-likeness (QED) is 0.214. The minimum absolute atomic E-state index is 0. The van der Waals surface area contributed by atoms with Gasteiger partial charge in [-0.15, -0.1) is 17.0 Å². The molecule has 1 aliphatic heterocycles. The van der Waals surface area contributed by atoms with Crippen LogP contribution in [0.2, 0.25) is 0 Å². The summed E-state index contributed by atoms with van der Waals surface area (Å²) in [4.78, 5) is 43.2. The van der Waals surface area contributed by atoms with Crippen molar-refractivity contribution in [3.8, 4) is 23.3 Å². The Labute approximate surface area is 255 Å². The number of unbranched alkanes of at least 4 members (excludes halogenated alkanes) is 1. The third kappa shape index (κ3) is 7.97. The lowest BCUT2D eigenvalue weighted by molar-refractivity contribution is -0.139. The van der Waals surface area contributed by atoms with E-state index >= 15 is 0 Å². The van der Waals surface area contributed by atoms with E-state index in [1.165, 1.54) is 13.1 Å². The normalized spacial score (nSPS) is 12.1. The summed E-state index contributed by atoms with van der Waals surface area (Å²) in [7, 11) is 1.48. The maximum atomic E-state index is 13.6. The van der Waals surface area contributed by atoms with Crippen molar-refractivity contribution in [2.45, 2.75) is 52.5 Å². The predicted octanol–water partition coefficient (Wildman–Crippen LogP) is 3.89. The molecule has 12 nitrogen and oxygen atoms in total. The molecule has 2 heterocycles. The van der Waals surface area contributed by atoms with E-state index in [1.807, 2.05) is 26.8 Å². The lowest BCUT2D eigenvalue weighted by atomic mass is 9.84. The van der Waals surface area contributed by atoms with Crippen LogP contribution in [0.4, 0.5) is 0 Å². The highest BCUT2D eigenvalue weighted by atomic mass is 79.9. The molecule has 0 bridgehead atoms. The molecule has 0 saturated heterocycles. The number of nitrogens with zero attached hydrogens (tertiary/aromatic N) is 3. The van der Waals surface area contributed by atoms with Crippen molar-refractivity contribution < 1.29 is 33.7 Å². The van der Waals surface area contributed by atoms with Crippen LogP contribution in [0, 0.1) is 16.7 Å². The van der Waals surface area contributed by atoms with Crippen LogP contribution in [0.15, 0.2) is 18.2 Å². The molecule has 0 radical (unpaired) electrons. The van der Waals surface area contributed by atoms with Crippen LogP contribution in [-0.2, 0) is 16.8 Å². The number of hydrogen-bond donors (Lipinski definition) is 3. The standard InChI is InChI=1S/C29H35N5O7.BrH/c1-6-39-21-13-18-14-34(27(31)24(18)33-25(21)28(38)32-5)15-20(35)17-11-19(29(2,3)4)26(41-16-23(36)37)22(12-17)40-10-8-7-9-30;/h11-13,31H,6-8,10,14-16H2,1-5H3,(H,32,38)(H,36,37);1H. The van der Waals surface area contributed by atoms with Gasteiger partial charge in [0.15, 0.2) is 35.3 Å². The number of carboxylic acid groups (broad SMARTS) is 1. The minimum atomic E-state index is -1.16. The fourth-order valence-corrected chi connectivity index (χ4v) is 4.28. The molecule has 0 aliphatic carbocycles. The number of nitrogens with one attached hydrogen (secondary N) is 2. The number of hydrogen-bond acceptors (Lipinski definition) is 9. The predicted molar refractivity (Wildman–Crippen MR) is 159 cm³/mol. The van der Waals surface area contributed by atoms with E-state index in [-0.39, 0.29) is 71.9 Å². The highest BCUT2D eigenvalue weighted by molar-refractivity contribution is 8.93. The summed E-state index contributed by atoms with van der Waals surface area (Å²) in [5.74, 6) is -1.17. The second-order valence-electron chi connectivity index (χ2n) is 10.4. The van der Waals surface area contributed by atoms with Crippen molar-refractivity contribution in [1.29, 1.82) is 10.7 Å². The van der Waals surface area contributed by atoms with Crippen LogP contribution in [0.1, 0.15) is 78.2 Å². The molecule has 1 aromatic heterocycles. The number of ether oxygens (including phenoxy) is 3. The van der Waals surface area contributed by atoms with Gasteiger partial charge in [0.1, 0.15) is 11.5 Å². The first-order valence-corrected chi connectivity index (χ1v) is 13.2. The molecule has 1 aliphatic rings. The molecular weight excluding hydrogens is 610 g/mol. The number of rotatable bonds is 13. The first kappa shape index (κ1) is 34.0. The highest BCUT2D eigenvalue weighted by Crippen LogP contribution is 2.40. The third-order valence-electron chi connectivity index (χ3n) is 6.26. The summed E-state index contributed by atoms with van der Waals surface area (Å²) in [5, 5.41) is 29.2. The Morgan fingerprint density at radius 1 is 1.17 bits per heavy atom. The topological polar surface area (TPSA) is 175 Å². The number of carbonyl (C=O) groups is 3. The number of aromatic nitrogens is 1. The van der Waals surface area contributed by atoms with E-state index in [0.29, 0.717) is 41.2 Å². The molecule has 226 valence electrons. The van der Waals surface area contributed by atoms with Crippen molar-refractivity contribution in [1.82, 2.24) is 15.2 Å². The number of pyridine rings is 1. The number of benzene rings is 1. The molecule has 1 aromatic carbocycles. The van der Waals surface area contributed by atoms with Gasteiger partial charge >= 0.3 is 5.97 Å². The summed E-state index contributed by atoms with van der Waals surface area (Å²) < 4.78 is 17.1. The van der Waals surface area contributed by atoms with Crippen molar-refractivity contribution in [3.63, 3.8) is 0 Å². The second-order valence-corrected chi connectivity index (χ2v) is 10.4. The monoisotopic (exact) mass is 645 g/mol. The summed E-state index contributed by atoms with van der Waals surface area (Å²) in [5.41, 5.74) is 1.36. The van der Waals surface area contributed by atoms with Crippen molar-refractivity contribution in [2.24, 2.45) is 0 Å². The van der Waals surface area contributed by atoms with E-state index in [0.717, 1.165) is 0 Å². The van der Waals surface area contributed by atoms with Crippen molar-refractivity contribution >= 4 is 40.5 Å². The number of halogens is 1. The van der Waals surface area contributed by atoms with Crippen LogP contribution in [0.3, 0.4) is 0 Å². The number of ketones is 1. The van der Waals surface area contributed by atoms with Crippen LogP contribution in [0.5, 0.6) is 17.2 Å². The summed E-state index contributed by atoms with van der Waals surface area (Å²) in [6.45, 7) is 7.49. The van der Waals surface area contributed by atoms with E-state index in [4.69, 9.17) is 24.9 Å². The van der Waals surface area contributed by atoms with Gasteiger partial charge in [-0.25, -0.2) is 9.78 Å². The van der Waals surface area contributed by atoms with Gasteiger partial charge in [0.05, 0.1) is 25.8 Å². The maximum absolute atomic E-state index is 13.6. The third-order valence-corrected chi connectivity index (χ3v) is 6.26. The molecular formula is C29H36BrN5O7. The van der Waals surface area contributed by atoms with Crippen LogP contribution in [0.25, 0.3) is 0 Å². The number of carboxylic acids is 1. The van der Waals surface area contributed by atoms with Crippen LogP contribution < -0.4 is 19.5 Å². The van der Waals surface area contributed by atoms with E-state index in [1.54, 1.807) is 24.0 Å². The lowest BCUT2D eigenvalue weighted by Gasteiger charge is -2.26. The SMILES string of the molecule is Br.CCOc1cc2c(nc1C(=O)NC)C(=N)N(CC(=O)c1cc(OCCCC#N)c(OCC(=O)O)c(C(C)(C)C)c1)C2. The van der Waals surface area contributed by atoms with Crippen molar-refractivity contribution in [2.75, 3.05) is 33.4 Å². The molecule has 42 heavy (non-hydrogen) atoms. The van der Waals surface area contributed by atoms with Crippen LogP contribution >= 0.6 is 17.0 Å². The summed E-state index contributed by atoms with van der Waals surface area (Å²) >= 11 is 0. The fourth-order valence-electron chi connectivity index (χ4n) is 4.28. The zero-order chi connectivity index (χ0) is 30.3. The van der Waals surface area contributed by atoms with Gasteiger partial charge in [0, 0.05) is 36.7 Å². The molecule has 0 saturated carbocycles. The van der Waals surface area contributed by atoms with Gasteiger partial charge in [-0.05, 0) is 37.0 Å². The smallest absolute Gasteiger partial charge is 0.341 e.